The first-order valence-corrected chi connectivity index (χ1v) is 13.9. The number of anilines is 2. The van der Waals surface area contributed by atoms with E-state index in [1.54, 1.807) is 31.4 Å². The minimum atomic E-state index is -0.276. The van der Waals surface area contributed by atoms with E-state index in [0.717, 1.165) is 21.5 Å². The number of nitrogens with zero attached hydrogens (tertiary/aromatic N) is 1. The number of thiazole rings is 1. The first-order chi connectivity index (χ1) is 19.0. The molecular formula is C30H25N3O4S2. The number of thioether (sulfide) groups is 1. The number of benzene rings is 4. The van der Waals surface area contributed by atoms with Crippen LogP contribution in [0, 0.1) is 0 Å². The molecule has 0 spiro atoms. The van der Waals surface area contributed by atoms with Gasteiger partial charge >= 0.3 is 0 Å². The molecule has 7 nitrogen and oxygen atoms in total. The van der Waals surface area contributed by atoms with Crippen LogP contribution in [-0.2, 0) is 4.79 Å². The number of methoxy groups -OCH3 is 2. The number of amides is 2. The Labute approximate surface area is 234 Å². The summed E-state index contributed by atoms with van der Waals surface area (Å²) < 4.78 is 10.5. The van der Waals surface area contributed by atoms with E-state index in [9.17, 15) is 9.59 Å². The van der Waals surface area contributed by atoms with Crippen molar-refractivity contribution in [3.8, 4) is 22.8 Å². The summed E-state index contributed by atoms with van der Waals surface area (Å²) in [5.41, 5.74) is 2.90. The second-order valence-electron chi connectivity index (χ2n) is 8.49. The van der Waals surface area contributed by atoms with Gasteiger partial charge in [-0.25, -0.2) is 4.98 Å². The summed E-state index contributed by atoms with van der Waals surface area (Å²) in [5, 5.41) is 10.6. The second-order valence-corrected chi connectivity index (χ2v) is 10.4. The van der Waals surface area contributed by atoms with E-state index in [1.165, 1.54) is 35.6 Å². The van der Waals surface area contributed by atoms with Crippen LogP contribution >= 0.6 is 23.1 Å². The lowest BCUT2D eigenvalue weighted by molar-refractivity contribution is -0.113. The molecule has 0 unspecified atom stereocenters. The largest absolute Gasteiger partial charge is 0.493 e. The number of aromatic nitrogens is 1. The zero-order valence-electron chi connectivity index (χ0n) is 21.3. The van der Waals surface area contributed by atoms with E-state index in [-0.39, 0.29) is 17.6 Å². The summed E-state index contributed by atoms with van der Waals surface area (Å²) in [6.07, 6.45) is 0. The highest BCUT2D eigenvalue weighted by atomic mass is 32.2. The predicted molar refractivity (Wildman–Crippen MR) is 158 cm³/mol. The fourth-order valence-electron chi connectivity index (χ4n) is 3.96. The number of carbonyl (C=O) groups excluding carboxylic acids is 2. The number of carbonyl (C=O) groups is 2. The highest BCUT2D eigenvalue weighted by Crippen LogP contribution is 2.30. The molecule has 0 fully saturated rings. The second kappa shape index (κ2) is 12.0. The minimum Gasteiger partial charge on any atom is -0.493 e. The molecule has 39 heavy (non-hydrogen) atoms. The van der Waals surface area contributed by atoms with Crippen LogP contribution in [-0.4, -0.2) is 36.8 Å². The third kappa shape index (κ3) is 6.39. The van der Waals surface area contributed by atoms with Gasteiger partial charge in [0.25, 0.3) is 5.91 Å². The molecule has 4 aromatic carbocycles. The van der Waals surface area contributed by atoms with Crippen molar-refractivity contribution in [3.63, 3.8) is 0 Å². The van der Waals surface area contributed by atoms with Crippen LogP contribution in [0.5, 0.6) is 11.5 Å². The highest BCUT2D eigenvalue weighted by molar-refractivity contribution is 8.00. The van der Waals surface area contributed by atoms with Crippen LogP contribution in [0.4, 0.5) is 10.8 Å². The van der Waals surface area contributed by atoms with Gasteiger partial charge in [-0.15, -0.1) is 23.1 Å². The van der Waals surface area contributed by atoms with Crippen LogP contribution in [0.2, 0.25) is 0 Å². The summed E-state index contributed by atoms with van der Waals surface area (Å²) >= 11 is 2.77. The molecule has 5 aromatic rings. The van der Waals surface area contributed by atoms with Gasteiger partial charge in [0.05, 0.1) is 25.7 Å². The average Bonchev–Trinajstić information content (AvgIpc) is 3.44. The molecular weight excluding hydrogens is 530 g/mol. The number of rotatable bonds is 9. The maximum absolute atomic E-state index is 12.7. The van der Waals surface area contributed by atoms with Crippen molar-refractivity contribution in [1.29, 1.82) is 0 Å². The normalized spacial score (nSPS) is 10.7. The molecule has 1 aromatic heterocycles. The van der Waals surface area contributed by atoms with Gasteiger partial charge in [-0.2, -0.15) is 0 Å². The van der Waals surface area contributed by atoms with Gasteiger partial charge in [0.15, 0.2) is 16.6 Å². The number of hydrogen-bond donors (Lipinski definition) is 2. The molecule has 0 radical (unpaired) electrons. The predicted octanol–water partition coefficient (Wildman–Crippen LogP) is 6.96. The van der Waals surface area contributed by atoms with Crippen molar-refractivity contribution in [2.24, 2.45) is 0 Å². The van der Waals surface area contributed by atoms with Gasteiger partial charge < -0.3 is 20.1 Å². The summed E-state index contributed by atoms with van der Waals surface area (Å²) in [7, 11) is 3.07. The van der Waals surface area contributed by atoms with Crippen molar-refractivity contribution >= 4 is 56.5 Å². The Morgan fingerprint density at radius 3 is 2.49 bits per heavy atom. The van der Waals surface area contributed by atoms with Crippen LogP contribution in [0.1, 0.15) is 10.4 Å². The molecule has 9 heteroatoms. The Hall–Kier alpha value is -4.34. The van der Waals surface area contributed by atoms with Crippen molar-refractivity contribution in [2.75, 3.05) is 30.6 Å². The zero-order valence-corrected chi connectivity index (χ0v) is 22.9. The average molecular weight is 556 g/mol. The third-order valence-corrected chi connectivity index (χ3v) is 7.65. The summed E-state index contributed by atoms with van der Waals surface area (Å²) in [6.45, 7) is 0. The Kier molecular flexibility index (Phi) is 8.10. The number of nitrogens with one attached hydrogen (secondary N) is 2. The van der Waals surface area contributed by atoms with Crippen molar-refractivity contribution in [3.05, 3.63) is 95.9 Å². The lowest BCUT2D eigenvalue weighted by atomic mass is 10.1. The quantitative estimate of drug-likeness (QED) is 0.191. The molecule has 0 atom stereocenters. The van der Waals surface area contributed by atoms with E-state index in [1.807, 2.05) is 41.8 Å². The molecule has 1 heterocycles. The monoisotopic (exact) mass is 555 g/mol. The molecule has 0 aliphatic rings. The van der Waals surface area contributed by atoms with Crippen molar-refractivity contribution in [1.82, 2.24) is 4.98 Å². The molecule has 5 rings (SSSR count). The SMILES string of the molecule is COc1ccc(C(=O)Nc2cccc(SCC(=O)Nc3nc(-c4ccc5ccccc5c4)cs3)c2)cc1OC. The number of hydrogen-bond acceptors (Lipinski definition) is 7. The van der Waals surface area contributed by atoms with Gasteiger partial charge in [0.2, 0.25) is 5.91 Å². The lowest BCUT2D eigenvalue weighted by Crippen LogP contribution is -2.14. The van der Waals surface area contributed by atoms with E-state index < -0.39 is 0 Å². The lowest BCUT2D eigenvalue weighted by Gasteiger charge is -2.10. The first-order valence-electron chi connectivity index (χ1n) is 12.0. The first kappa shape index (κ1) is 26.3. The number of fused-ring (bicyclic) bond motifs is 1. The molecule has 196 valence electrons. The molecule has 0 saturated heterocycles. The van der Waals surface area contributed by atoms with Gasteiger partial charge in [-0.05, 0) is 53.2 Å². The van der Waals surface area contributed by atoms with Gasteiger partial charge in [0, 0.05) is 27.1 Å². The fraction of sp³-hybridized carbons (Fsp3) is 0.100. The smallest absolute Gasteiger partial charge is 0.255 e. The number of ether oxygens (including phenoxy) is 2. The summed E-state index contributed by atoms with van der Waals surface area (Å²) in [6, 6.07) is 26.7. The Bertz CT molecular complexity index is 1650. The highest BCUT2D eigenvalue weighted by Gasteiger charge is 2.13. The summed E-state index contributed by atoms with van der Waals surface area (Å²) in [5.74, 6) is 0.803. The molecule has 0 saturated carbocycles. The zero-order chi connectivity index (χ0) is 27.2. The maximum atomic E-state index is 12.7. The van der Waals surface area contributed by atoms with Crippen LogP contribution in [0.3, 0.4) is 0 Å². The van der Waals surface area contributed by atoms with Crippen molar-refractivity contribution in [2.45, 2.75) is 4.90 Å². The van der Waals surface area contributed by atoms with E-state index in [0.29, 0.717) is 27.9 Å². The van der Waals surface area contributed by atoms with E-state index in [2.05, 4.69) is 39.9 Å². The Morgan fingerprint density at radius 2 is 1.67 bits per heavy atom. The minimum absolute atomic E-state index is 0.154. The van der Waals surface area contributed by atoms with Gasteiger partial charge in [-0.3, -0.25) is 9.59 Å². The topological polar surface area (TPSA) is 89.5 Å². The van der Waals surface area contributed by atoms with E-state index in [4.69, 9.17) is 9.47 Å². The van der Waals surface area contributed by atoms with Gasteiger partial charge in [0.1, 0.15) is 0 Å². The molecule has 0 aliphatic heterocycles. The van der Waals surface area contributed by atoms with Crippen LogP contribution in [0.15, 0.2) is 95.2 Å². The maximum Gasteiger partial charge on any atom is 0.255 e. The van der Waals surface area contributed by atoms with Crippen LogP contribution in [0.25, 0.3) is 22.0 Å². The Balaban J connectivity index is 1.17. The van der Waals surface area contributed by atoms with Gasteiger partial charge in [-0.1, -0.05) is 42.5 Å². The Morgan fingerprint density at radius 1 is 0.846 bits per heavy atom. The molecule has 0 aliphatic carbocycles. The van der Waals surface area contributed by atoms with E-state index >= 15 is 0 Å². The molecule has 0 bridgehead atoms. The fourth-order valence-corrected chi connectivity index (χ4v) is 5.45. The van der Waals surface area contributed by atoms with Crippen LogP contribution < -0.4 is 20.1 Å². The molecule has 2 amide bonds. The summed E-state index contributed by atoms with van der Waals surface area (Å²) in [4.78, 5) is 30.8. The third-order valence-electron chi connectivity index (χ3n) is 5.90. The van der Waals surface area contributed by atoms with Crippen molar-refractivity contribution < 1.29 is 19.1 Å². The standard InChI is InChI=1S/C30H25N3O4S2/c1-36-26-13-12-22(15-27(26)37-2)29(35)31-23-8-5-9-24(16-23)38-18-28(34)33-30-32-25(17-39-30)21-11-10-19-6-3-4-7-20(19)14-21/h3-17H,18H2,1-2H3,(H,31,35)(H,32,33,34). The molecule has 2 N–H and O–H groups in total.